The Morgan fingerprint density at radius 2 is 1.91 bits per heavy atom. The number of rotatable bonds is 8. The van der Waals surface area contributed by atoms with E-state index >= 15 is 4.39 Å². The van der Waals surface area contributed by atoms with E-state index in [9.17, 15) is 0 Å². The molecule has 4 aromatic rings. The number of nitrogens with two attached hydrogens (primary N) is 1. The van der Waals surface area contributed by atoms with E-state index in [1.807, 2.05) is 38.1 Å². The molecule has 2 aromatic carbocycles. The first-order valence-corrected chi connectivity index (χ1v) is 11.5. The number of ether oxygens (including phenoxy) is 2. The fourth-order valence-corrected chi connectivity index (χ4v) is 4.19. The van der Waals surface area contributed by atoms with Crippen LogP contribution in [0, 0.1) is 19.7 Å². The van der Waals surface area contributed by atoms with Crippen molar-refractivity contribution in [3.63, 3.8) is 0 Å². The molecule has 0 aliphatic heterocycles. The molecule has 0 unspecified atom stereocenters. The van der Waals surface area contributed by atoms with Gasteiger partial charge < -0.3 is 19.6 Å². The normalized spacial score (nSPS) is 11.1. The zero-order valence-corrected chi connectivity index (χ0v) is 20.3. The molecule has 0 amide bonds. The molecule has 7 heteroatoms. The highest BCUT2D eigenvalue weighted by molar-refractivity contribution is 7.80. The summed E-state index contributed by atoms with van der Waals surface area (Å²) in [5.74, 6) is 0.307. The van der Waals surface area contributed by atoms with Crippen LogP contribution in [0.3, 0.4) is 0 Å². The van der Waals surface area contributed by atoms with Gasteiger partial charge in [0.2, 0.25) is 0 Å². The summed E-state index contributed by atoms with van der Waals surface area (Å²) < 4.78 is 32.5. The van der Waals surface area contributed by atoms with E-state index in [-0.39, 0.29) is 12.2 Å². The Bertz CT molecular complexity index is 1350. The number of hydrogen-bond acceptors (Lipinski definition) is 6. The summed E-state index contributed by atoms with van der Waals surface area (Å²) in [5, 5.41) is 1.39. The number of pyridine rings is 1. The smallest absolute Gasteiger partial charge is 0.164 e. The molecule has 2 aromatic heterocycles. The molecule has 2 heterocycles. The maximum atomic E-state index is 15.1. The van der Waals surface area contributed by atoms with Gasteiger partial charge in [0, 0.05) is 41.2 Å². The lowest BCUT2D eigenvalue weighted by Gasteiger charge is -2.16. The molecule has 2 N–H and O–H groups in total. The zero-order valence-electron chi connectivity index (χ0n) is 19.5. The quantitative estimate of drug-likeness (QED) is 0.304. The van der Waals surface area contributed by atoms with Crippen molar-refractivity contribution in [2.24, 2.45) is 5.73 Å². The molecule has 0 aliphatic rings. The average Bonchev–Trinajstić information content (AvgIpc) is 3.29. The van der Waals surface area contributed by atoms with Crippen LogP contribution >= 0.6 is 12.2 Å². The molecule has 4 rings (SSSR count). The van der Waals surface area contributed by atoms with Gasteiger partial charge in [0.15, 0.2) is 10.9 Å². The van der Waals surface area contributed by atoms with Crippen LogP contribution in [0.15, 0.2) is 53.3 Å². The van der Waals surface area contributed by atoms with Crippen molar-refractivity contribution in [1.29, 1.82) is 0 Å². The van der Waals surface area contributed by atoms with Gasteiger partial charge >= 0.3 is 0 Å². The van der Waals surface area contributed by atoms with Gasteiger partial charge in [-0.1, -0.05) is 6.07 Å². The van der Waals surface area contributed by atoms with Gasteiger partial charge in [0.05, 0.1) is 18.6 Å². The number of fused-ring (bicyclic) bond motifs is 1. The average molecular weight is 479 g/mol. The Labute approximate surface area is 203 Å². The maximum absolute atomic E-state index is 15.1. The fourth-order valence-electron chi connectivity index (χ4n) is 3.92. The topological polar surface area (TPSA) is 70.5 Å². The van der Waals surface area contributed by atoms with Crippen molar-refractivity contribution < 1.29 is 18.3 Å². The maximum Gasteiger partial charge on any atom is 0.164 e. The van der Waals surface area contributed by atoms with Crippen LogP contribution in [0.4, 0.5) is 4.39 Å². The number of halogens is 1. The Kier molecular flexibility index (Phi) is 7.24. The Morgan fingerprint density at radius 3 is 2.68 bits per heavy atom. The molecule has 0 saturated carbocycles. The van der Waals surface area contributed by atoms with Gasteiger partial charge in [0.1, 0.15) is 17.9 Å². The van der Waals surface area contributed by atoms with Gasteiger partial charge in [-0.25, -0.2) is 4.39 Å². The van der Waals surface area contributed by atoms with Crippen LogP contribution in [0.2, 0.25) is 0 Å². The Hall–Kier alpha value is -3.29. The van der Waals surface area contributed by atoms with Crippen molar-refractivity contribution in [1.82, 2.24) is 4.98 Å². The van der Waals surface area contributed by atoms with Crippen molar-refractivity contribution >= 4 is 28.2 Å². The first kappa shape index (κ1) is 23.9. The van der Waals surface area contributed by atoms with Crippen LogP contribution in [0.5, 0.6) is 5.75 Å². The lowest BCUT2D eigenvalue weighted by Crippen LogP contribution is -2.08. The molecular formula is C27H27FN2O3S. The molecule has 176 valence electrons. The minimum absolute atomic E-state index is 0.0168. The summed E-state index contributed by atoms with van der Waals surface area (Å²) in [6.45, 7) is 6.86. The molecule has 0 saturated heterocycles. The predicted octanol–water partition coefficient (Wildman–Crippen LogP) is 6.19. The molecule has 0 spiro atoms. The van der Waals surface area contributed by atoms with Crippen molar-refractivity contribution in [3.8, 4) is 16.9 Å². The number of nitrogens with zero attached hydrogens (tertiary/aromatic N) is 1. The van der Waals surface area contributed by atoms with Gasteiger partial charge in [-0.05, 0) is 80.0 Å². The molecular weight excluding hydrogens is 451 g/mol. The van der Waals surface area contributed by atoms with Crippen LogP contribution in [0.1, 0.15) is 34.9 Å². The minimum Gasteiger partial charge on any atom is -0.489 e. The summed E-state index contributed by atoms with van der Waals surface area (Å²) in [5.41, 5.74) is 11.6. The molecule has 0 aliphatic carbocycles. The second-order valence-electron chi connectivity index (χ2n) is 8.12. The monoisotopic (exact) mass is 478 g/mol. The van der Waals surface area contributed by atoms with Crippen molar-refractivity contribution in [3.05, 3.63) is 82.6 Å². The first-order valence-electron chi connectivity index (χ1n) is 11.1. The minimum atomic E-state index is -0.443. The van der Waals surface area contributed by atoms with E-state index in [4.69, 9.17) is 31.8 Å². The summed E-state index contributed by atoms with van der Waals surface area (Å²) in [6.07, 6.45) is 3.65. The number of aromatic nitrogens is 1. The predicted molar refractivity (Wildman–Crippen MR) is 135 cm³/mol. The van der Waals surface area contributed by atoms with Gasteiger partial charge in [-0.2, -0.15) is 0 Å². The van der Waals surface area contributed by atoms with E-state index < -0.39 is 5.82 Å². The van der Waals surface area contributed by atoms with Crippen molar-refractivity contribution in [2.45, 2.75) is 40.3 Å². The molecule has 34 heavy (non-hydrogen) atoms. The van der Waals surface area contributed by atoms with Crippen molar-refractivity contribution in [2.75, 3.05) is 6.61 Å². The van der Waals surface area contributed by atoms with Gasteiger partial charge in [0.25, 0.3) is 0 Å². The lowest BCUT2D eigenvalue weighted by molar-refractivity contribution is 0.301. The number of thiocarbonyl (C=S) groups is 1. The van der Waals surface area contributed by atoms with Gasteiger partial charge in [-0.15, -0.1) is 0 Å². The standard InChI is InChI=1S/C27H27FN2O3S/c1-4-31-25(34)13-20-9-16(2)17(3)10-24(20)33-15-18-11-19-6-8-32-27(19)22(12-18)21-5-7-30-23(14-29)26(21)28/h5-12H,4,13-15,29H2,1-3H3. The molecule has 5 nitrogen and oxygen atoms in total. The second kappa shape index (κ2) is 10.3. The third kappa shape index (κ3) is 4.95. The van der Waals surface area contributed by atoms with E-state index in [1.54, 1.807) is 18.5 Å². The van der Waals surface area contributed by atoms with E-state index in [1.165, 1.54) is 0 Å². The SMILES string of the molecule is CCOC(=S)Cc1cc(C)c(C)cc1OCc1cc(-c2ccnc(CN)c2F)c2occc2c1. The second-order valence-corrected chi connectivity index (χ2v) is 8.58. The largest absolute Gasteiger partial charge is 0.489 e. The highest BCUT2D eigenvalue weighted by atomic mass is 32.1. The number of furan rings is 1. The fraction of sp³-hybridized carbons (Fsp3) is 0.259. The lowest BCUT2D eigenvalue weighted by atomic mass is 10.00. The van der Waals surface area contributed by atoms with Crippen LogP contribution in [-0.2, 0) is 24.3 Å². The van der Waals surface area contributed by atoms with Gasteiger partial charge in [-0.3, -0.25) is 4.98 Å². The third-order valence-electron chi connectivity index (χ3n) is 5.77. The van der Waals surface area contributed by atoms with Crippen LogP contribution in [-0.4, -0.2) is 16.6 Å². The summed E-state index contributed by atoms with van der Waals surface area (Å²) in [7, 11) is 0. The van der Waals surface area contributed by atoms with E-state index in [0.29, 0.717) is 41.4 Å². The Morgan fingerprint density at radius 1 is 1.12 bits per heavy atom. The van der Waals surface area contributed by atoms with Crippen LogP contribution in [0.25, 0.3) is 22.1 Å². The summed E-state index contributed by atoms with van der Waals surface area (Å²) in [4.78, 5) is 4.03. The van der Waals surface area contributed by atoms with E-state index in [0.717, 1.165) is 33.4 Å². The number of hydrogen-bond donors (Lipinski definition) is 1. The highest BCUT2D eigenvalue weighted by Gasteiger charge is 2.17. The number of aryl methyl sites for hydroxylation is 2. The molecule has 0 radical (unpaired) electrons. The van der Waals surface area contributed by atoms with E-state index in [2.05, 4.69) is 18.0 Å². The Balaban J connectivity index is 1.68. The van der Waals surface area contributed by atoms with Crippen LogP contribution < -0.4 is 10.5 Å². The molecule has 0 fully saturated rings. The zero-order chi connectivity index (χ0) is 24.2. The third-order valence-corrected chi connectivity index (χ3v) is 6.03. The molecule has 0 atom stereocenters. The first-order chi connectivity index (χ1) is 16.4. The molecule has 0 bridgehead atoms. The number of benzene rings is 2. The highest BCUT2D eigenvalue weighted by Crippen LogP contribution is 2.34. The summed E-state index contributed by atoms with van der Waals surface area (Å²) in [6, 6.07) is 11.5. The summed E-state index contributed by atoms with van der Waals surface area (Å²) >= 11 is 5.36.